The maximum Gasteiger partial charge on any atom is 0.179 e. The minimum absolute atomic E-state index is 0.174. The quantitative estimate of drug-likeness (QED) is 0.644. The number of ketones is 1. The van der Waals surface area contributed by atoms with Crippen LogP contribution in [0.2, 0.25) is 0 Å². The van der Waals surface area contributed by atoms with E-state index < -0.39 is 5.82 Å². The number of rotatable bonds is 2. The predicted molar refractivity (Wildman–Crippen MR) is 61.9 cm³/mol. The van der Waals surface area contributed by atoms with Crippen LogP contribution < -0.4 is 5.73 Å². The average molecular weight is 236 g/mol. The molecule has 16 heavy (non-hydrogen) atoms. The Bertz CT molecular complexity index is 551. The summed E-state index contributed by atoms with van der Waals surface area (Å²) in [7, 11) is 0. The molecule has 0 amide bonds. The zero-order valence-electron chi connectivity index (χ0n) is 8.53. The molecule has 3 nitrogen and oxygen atoms in total. The number of benzene rings is 1. The summed E-state index contributed by atoms with van der Waals surface area (Å²) in [4.78, 5) is 15.7. The van der Waals surface area contributed by atoms with Gasteiger partial charge in [0.05, 0.1) is 10.4 Å². The van der Waals surface area contributed by atoms with E-state index in [1.807, 2.05) is 0 Å². The first-order chi connectivity index (χ1) is 7.59. The van der Waals surface area contributed by atoms with Crippen LogP contribution >= 0.6 is 11.3 Å². The molecule has 0 atom stereocenters. The third-order valence-corrected chi connectivity index (χ3v) is 3.00. The molecule has 0 fully saturated rings. The lowest BCUT2D eigenvalue weighted by Gasteiger charge is -2.02. The Hall–Kier alpha value is -1.75. The van der Waals surface area contributed by atoms with E-state index in [2.05, 4.69) is 4.98 Å². The molecule has 2 N–H and O–H groups in total. The summed E-state index contributed by atoms with van der Waals surface area (Å²) >= 11 is 1.24. The van der Waals surface area contributed by atoms with Crippen molar-refractivity contribution in [3.8, 4) is 10.4 Å². The van der Waals surface area contributed by atoms with Crippen LogP contribution in [0.1, 0.15) is 17.4 Å². The Kier molecular flexibility index (Phi) is 2.70. The molecule has 1 aromatic heterocycles. The second kappa shape index (κ2) is 4.02. The van der Waals surface area contributed by atoms with Crippen LogP contribution in [0.4, 0.5) is 10.1 Å². The van der Waals surface area contributed by atoms with Gasteiger partial charge >= 0.3 is 0 Å². The van der Waals surface area contributed by atoms with E-state index in [1.165, 1.54) is 29.8 Å². The monoisotopic (exact) mass is 236 g/mol. The normalized spacial score (nSPS) is 10.4. The Morgan fingerprint density at radius 2 is 2.25 bits per heavy atom. The first-order valence-corrected chi connectivity index (χ1v) is 5.47. The highest BCUT2D eigenvalue weighted by molar-refractivity contribution is 7.13. The highest BCUT2D eigenvalue weighted by atomic mass is 32.1. The zero-order chi connectivity index (χ0) is 11.7. The fraction of sp³-hybridized carbons (Fsp3) is 0.0909. The number of nitrogens with zero attached hydrogens (tertiary/aromatic N) is 1. The van der Waals surface area contributed by atoms with Crippen molar-refractivity contribution >= 4 is 22.8 Å². The zero-order valence-corrected chi connectivity index (χ0v) is 9.34. The molecule has 0 aliphatic carbocycles. The Morgan fingerprint density at radius 3 is 2.88 bits per heavy atom. The molecule has 0 radical (unpaired) electrons. The summed E-state index contributed by atoms with van der Waals surface area (Å²) in [6.45, 7) is 1.41. The Morgan fingerprint density at radius 1 is 1.50 bits per heavy atom. The molecule has 0 saturated heterocycles. The van der Waals surface area contributed by atoms with Gasteiger partial charge in [-0.1, -0.05) is 0 Å². The van der Waals surface area contributed by atoms with Gasteiger partial charge in [-0.15, -0.1) is 11.3 Å². The van der Waals surface area contributed by atoms with E-state index in [4.69, 9.17) is 5.73 Å². The van der Waals surface area contributed by atoms with Crippen molar-refractivity contribution in [3.63, 3.8) is 0 Å². The van der Waals surface area contributed by atoms with Crippen LogP contribution in [-0.2, 0) is 0 Å². The molecule has 0 bridgehead atoms. The molecule has 0 aliphatic heterocycles. The van der Waals surface area contributed by atoms with Crippen molar-refractivity contribution in [1.82, 2.24) is 4.98 Å². The van der Waals surface area contributed by atoms with Gasteiger partial charge in [0.25, 0.3) is 0 Å². The van der Waals surface area contributed by atoms with Crippen LogP contribution in [0.3, 0.4) is 0 Å². The summed E-state index contributed by atoms with van der Waals surface area (Å²) in [5.74, 6) is -0.612. The Balaban J connectivity index is 2.59. The number of carbonyl (C=O) groups is 1. The average Bonchev–Trinajstić information content (AvgIpc) is 2.66. The molecule has 1 aromatic carbocycles. The molecular weight excluding hydrogens is 227 g/mol. The largest absolute Gasteiger partial charge is 0.399 e. The van der Waals surface area contributed by atoms with Gasteiger partial charge < -0.3 is 5.73 Å². The van der Waals surface area contributed by atoms with Gasteiger partial charge in [0.1, 0.15) is 11.5 Å². The van der Waals surface area contributed by atoms with E-state index in [0.717, 1.165) is 0 Å². The van der Waals surface area contributed by atoms with Gasteiger partial charge in [-0.3, -0.25) is 4.79 Å². The third kappa shape index (κ3) is 1.81. The number of hydrogen-bond acceptors (Lipinski definition) is 4. The molecule has 0 aliphatic rings. The lowest BCUT2D eigenvalue weighted by Crippen LogP contribution is -1.96. The number of nitrogen functional groups attached to an aromatic ring is 1. The van der Waals surface area contributed by atoms with Crippen molar-refractivity contribution in [2.75, 3.05) is 5.73 Å². The van der Waals surface area contributed by atoms with Gasteiger partial charge in [-0.05, 0) is 18.2 Å². The topological polar surface area (TPSA) is 56.0 Å². The fourth-order valence-corrected chi connectivity index (χ4v) is 2.27. The number of nitrogens with two attached hydrogens (primary N) is 1. The summed E-state index contributed by atoms with van der Waals surface area (Å²) in [5.41, 5.74) is 8.01. The van der Waals surface area contributed by atoms with Gasteiger partial charge in [-0.25, -0.2) is 9.37 Å². The number of Topliss-reactive ketones (excluding diaryl/α,β-unsaturated/α-hetero) is 1. The van der Waals surface area contributed by atoms with E-state index in [9.17, 15) is 9.18 Å². The highest BCUT2D eigenvalue weighted by Crippen LogP contribution is 2.30. The lowest BCUT2D eigenvalue weighted by atomic mass is 10.1. The van der Waals surface area contributed by atoms with E-state index in [1.54, 1.807) is 12.1 Å². The first-order valence-electron chi connectivity index (χ1n) is 4.59. The van der Waals surface area contributed by atoms with Crippen LogP contribution in [0.25, 0.3) is 10.4 Å². The molecule has 2 rings (SSSR count). The van der Waals surface area contributed by atoms with Gasteiger partial charge in [0.2, 0.25) is 0 Å². The number of anilines is 1. The van der Waals surface area contributed by atoms with Crippen molar-refractivity contribution in [3.05, 3.63) is 35.2 Å². The SMILES string of the molecule is CC(=O)c1ncsc1-c1ccc(N)cc1F. The molecule has 0 unspecified atom stereocenters. The molecule has 0 saturated carbocycles. The summed E-state index contributed by atoms with van der Waals surface area (Å²) in [6.07, 6.45) is 0. The Labute approximate surface area is 95.7 Å². The number of thiazole rings is 1. The molecular formula is C11H9FN2OS. The van der Waals surface area contributed by atoms with Gasteiger partial charge in [0.15, 0.2) is 5.78 Å². The molecule has 5 heteroatoms. The summed E-state index contributed by atoms with van der Waals surface area (Å²) < 4.78 is 13.6. The maximum absolute atomic E-state index is 13.6. The highest BCUT2D eigenvalue weighted by Gasteiger charge is 2.15. The van der Waals surface area contributed by atoms with Crippen molar-refractivity contribution in [1.29, 1.82) is 0 Å². The van der Waals surface area contributed by atoms with Crippen molar-refractivity contribution < 1.29 is 9.18 Å². The summed E-state index contributed by atoms with van der Waals surface area (Å²) in [5, 5.41) is 0. The first kappa shape index (κ1) is 10.8. The predicted octanol–water partition coefficient (Wildman–Crippen LogP) is 2.73. The van der Waals surface area contributed by atoms with Crippen LogP contribution in [0.15, 0.2) is 23.7 Å². The van der Waals surface area contributed by atoms with Crippen LogP contribution in [0.5, 0.6) is 0 Å². The minimum Gasteiger partial charge on any atom is -0.399 e. The van der Waals surface area contributed by atoms with E-state index in [-0.39, 0.29) is 5.78 Å². The molecule has 82 valence electrons. The van der Waals surface area contributed by atoms with Gasteiger partial charge in [0, 0.05) is 18.2 Å². The second-order valence-electron chi connectivity index (χ2n) is 3.33. The molecule has 1 heterocycles. The second-order valence-corrected chi connectivity index (χ2v) is 4.18. The fourth-order valence-electron chi connectivity index (χ4n) is 1.40. The number of aromatic nitrogens is 1. The van der Waals surface area contributed by atoms with Crippen molar-refractivity contribution in [2.24, 2.45) is 0 Å². The van der Waals surface area contributed by atoms with Crippen LogP contribution in [-0.4, -0.2) is 10.8 Å². The number of halogens is 1. The van der Waals surface area contributed by atoms with Gasteiger partial charge in [-0.2, -0.15) is 0 Å². The van der Waals surface area contributed by atoms with Crippen LogP contribution in [0, 0.1) is 5.82 Å². The standard InChI is InChI=1S/C11H9FN2OS/c1-6(15)10-11(16-5-14-10)8-3-2-7(13)4-9(8)12/h2-5H,13H2,1H3. The molecule has 2 aromatic rings. The van der Waals surface area contributed by atoms with Crippen molar-refractivity contribution in [2.45, 2.75) is 6.92 Å². The summed E-state index contributed by atoms with van der Waals surface area (Å²) in [6, 6.07) is 4.39. The smallest absolute Gasteiger partial charge is 0.179 e. The maximum atomic E-state index is 13.6. The van der Waals surface area contributed by atoms with E-state index in [0.29, 0.717) is 21.8 Å². The minimum atomic E-state index is -0.438. The molecule has 0 spiro atoms. The number of hydrogen-bond donors (Lipinski definition) is 1. The number of carbonyl (C=O) groups excluding carboxylic acids is 1. The lowest BCUT2D eigenvalue weighted by molar-refractivity contribution is 0.101. The van der Waals surface area contributed by atoms with E-state index >= 15 is 0 Å². The third-order valence-electron chi connectivity index (χ3n) is 2.14.